The molecule has 1 aliphatic heterocycles. The molecule has 0 aliphatic carbocycles. The lowest BCUT2D eigenvalue weighted by Gasteiger charge is -2.02. The molecule has 6 heteroatoms. The zero-order chi connectivity index (χ0) is 16.2. The molecular formula is C17H19N3O2S. The number of anilines is 1. The van der Waals surface area contributed by atoms with E-state index in [0.29, 0.717) is 19.4 Å². The zero-order valence-electron chi connectivity index (χ0n) is 13.0. The van der Waals surface area contributed by atoms with E-state index in [1.54, 1.807) is 0 Å². The summed E-state index contributed by atoms with van der Waals surface area (Å²) in [6, 6.07) is 5.89. The third-order valence-corrected chi connectivity index (χ3v) is 4.62. The van der Waals surface area contributed by atoms with Crippen molar-refractivity contribution in [3.63, 3.8) is 0 Å². The maximum absolute atomic E-state index is 11.6. The molecule has 120 valence electrons. The Morgan fingerprint density at radius 1 is 1.43 bits per heavy atom. The summed E-state index contributed by atoms with van der Waals surface area (Å²) < 4.78 is 0. The third kappa shape index (κ3) is 3.76. The summed E-state index contributed by atoms with van der Waals surface area (Å²) in [5.74, 6) is 0.108. The first-order chi connectivity index (χ1) is 11.2. The van der Waals surface area contributed by atoms with Crippen LogP contribution in [0.5, 0.6) is 0 Å². The van der Waals surface area contributed by atoms with Crippen LogP contribution in [0.2, 0.25) is 0 Å². The monoisotopic (exact) mass is 329 g/mol. The summed E-state index contributed by atoms with van der Waals surface area (Å²) in [6.07, 6.45) is 2.93. The van der Waals surface area contributed by atoms with Crippen molar-refractivity contribution in [2.45, 2.75) is 39.2 Å². The zero-order valence-corrected chi connectivity index (χ0v) is 13.8. The Balaban J connectivity index is 1.64. The summed E-state index contributed by atoms with van der Waals surface area (Å²) in [5, 5.41) is 8.60. The number of unbranched alkanes of at least 4 members (excludes halogenated alkanes) is 1. The number of thiazole rings is 1. The van der Waals surface area contributed by atoms with Crippen LogP contribution in [-0.2, 0) is 22.6 Å². The van der Waals surface area contributed by atoms with E-state index in [-0.39, 0.29) is 11.8 Å². The Labute approximate surface area is 139 Å². The van der Waals surface area contributed by atoms with Gasteiger partial charge in [-0.1, -0.05) is 19.4 Å². The minimum Gasteiger partial charge on any atom is -0.350 e. The molecule has 0 radical (unpaired) electrons. The van der Waals surface area contributed by atoms with Crippen LogP contribution in [0.1, 0.15) is 36.8 Å². The highest BCUT2D eigenvalue weighted by Gasteiger charge is 2.18. The highest BCUT2D eigenvalue weighted by Crippen LogP contribution is 2.29. The van der Waals surface area contributed by atoms with Crippen LogP contribution >= 0.6 is 11.3 Å². The summed E-state index contributed by atoms with van der Waals surface area (Å²) in [6.45, 7) is 2.54. The largest absolute Gasteiger partial charge is 0.350 e. The van der Waals surface area contributed by atoms with Gasteiger partial charge in [0, 0.05) is 23.1 Å². The Morgan fingerprint density at radius 2 is 2.30 bits per heavy atom. The quantitative estimate of drug-likeness (QED) is 0.855. The van der Waals surface area contributed by atoms with Gasteiger partial charge in [0.15, 0.2) is 0 Å². The van der Waals surface area contributed by atoms with Gasteiger partial charge in [-0.25, -0.2) is 4.98 Å². The topological polar surface area (TPSA) is 71.1 Å². The van der Waals surface area contributed by atoms with Crippen LogP contribution in [0.15, 0.2) is 23.6 Å². The molecule has 1 aliphatic rings. The van der Waals surface area contributed by atoms with E-state index in [9.17, 15) is 9.59 Å². The molecule has 2 heterocycles. The number of benzene rings is 1. The van der Waals surface area contributed by atoms with Gasteiger partial charge < -0.3 is 10.6 Å². The van der Waals surface area contributed by atoms with Crippen molar-refractivity contribution in [2.24, 2.45) is 0 Å². The molecule has 0 unspecified atom stereocenters. The number of carbonyl (C=O) groups is 2. The van der Waals surface area contributed by atoms with Gasteiger partial charge in [0.25, 0.3) is 0 Å². The smallest absolute Gasteiger partial charge is 0.228 e. The molecular weight excluding hydrogens is 310 g/mol. The van der Waals surface area contributed by atoms with Crippen molar-refractivity contribution in [3.05, 3.63) is 34.2 Å². The fourth-order valence-corrected chi connectivity index (χ4v) is 3.26. The van der Waals surface area contributed by atoms with Crippen molar-refractivity contribution in [1.29, 1.82) is 0 Å². The van der Waals surface area contributed by atoms with Crippen LogP contribution in [-0.4, -0.2) is 16.8 Å². The number of nitrogens with zero attached hydrogens (tertiary/aromatic N) is 1. The summed E-state index contributed by atoms with van der Waals surface area (Å²) in [7, 11) is 0. The Bertz CT molecular complexity index is 739. The molecule has 3 rings (SSSR count). The summed E-state index contributed by atoms with van der Waals surface area (Å²) >= 11 is 1.54. The van der Waals surface area contributed by atoms with E-state index in [1.807, 2.05) is 23.6 Å². The van der Waals surface area contributed by atoms with Gasteiger partial charge in [0.2, 0.25) is 11.8 Å². The molecule has 5 nitrogen and oxygen atoms in total. The minimum atomic E-state index is 0.0332. The van der Waals surface area contributed by atoms with Gasteiger partial charge in [-0.05, 0) is 24.1 Å². The van der Waals surface area contributed by atoms with Gasteiger partial charge in [0.1, 0.15) is 5.01 Å². The molecule has 23 heavy (non-hydrogen) atoms. The lowest BCUT2D eigenvalue weighted by molar-refractivity contribution is -0.121. The van der Waals surface area contributed by atoms with Gasteiger partial charge in [0.05, 0.1) is 18.7 Å². The van der Waals surface area contributed by atoms with Gasteiger partial charge >= 0.3 is 0 Å². The molecule has 0 fully saturated rings. The van der Waals surface area contributed by atoms with Crippen molar-refractivity contribution < 1.29 is 9.59 Å². The molecule has 0 saturated heterocycles. The first-order valence-corrected chi connectivity index (χ1v) is 8.68. The fraction of sp³-hybridized carbons (Fsp3) is 0.353. The fourth-order valence-electron chi connectivity index (χ4n) is 2.51. The molecule has 0 saturated carbocycles. The summed E-state index contributed by atoms with van der Waals surface area (Å²) in [5.41, 5.74) is 3.78. The van der Waals surface area contributed by atoms with Gasteiger partial charge in [-0.2, -0.15) is 0 Å². The van der Waals surface area contributed by atoms with Crippen molar-refractivity contribution in [3.8, 4) is 11.3 Å². The number of hydrogen-bond acceptors (Lipinski definition) is 4. The van der Waals surface area contributed by atoms with Crippen LogP contribution in [0, 0.1) is 0 Å². The molecule has 0 spiro atoms. The van der Waals surface area contributed by atoms with Crippen molar-refractivity contribution >= 4 is 28.8 Å². The number of amides is 2. The van der Waals surface area contributed by atoms with Crippen molar-refractivity contribution in [1.82, 2.24) is 10.3 Å². The molecule has 2 aromatic rings. The second-order valence-electron chi connectivity index (χ2n) is 5.60. The van der Waals surface area contributed by atoms with Gasteiger partial charge in [-0.15, -0.1) is 11.3 Å². The molecule has 2 N–H and O–H groups in total. The highest BCUT2D eigenvalue weighted by atomic mass is 32.1. The van der Waals surface area contributed by atoms with E-state index in [0.717, 1.165) is 40.4 Å². The lowest BCUT2D eigenvalue weighted by Crippen LogP contribution is -2.22. The highest BCUT2D eigenvalue weighted by molar-refractivity contribution is 7.09. The summed E-state index contributed by atoms with van der Waals surface area (Å²) in [4.78, 5) is 27.6. The molecule has 0 atom stereocenters. The van der Waals surface area contributed by atoms with E-state index >= 15 is 0 Å². The van der Waals surface area contributed by atoms with Crippen LogP contribution in [0.4, 0.5) is 5.69 Å². The molecule has 1 aromatic heterocycles. The normalized spacial score (nSPS) is 12.8. The average molecular weight is 329 g/mol. The van der Waals surface area contributed by atoms with E-state index < -0.39 is 0 Å². The number of aromatic nitrogens is 1. The number of rotatable bonds is 6. The first kappa shape index (κ1) is 15.7. The van der Waals surface area contributed by atoms with Crippen LogP contribution < -0.4 is 10.6 Å². The Hall–Kier alpha value is -2.21. The SMILES string of the molecule is CCCCC(=O)NCc1nc(-c2ccc3c(c2)CC(=O)N3)cs1. The second kappa shape index (κ2) is 6.91. The van der Waals surface area contributed by atoms with E-state index in [4.69, 9.17) is 0 Å². The van der Waals surface area contributed by atoms with Crippen LogP contribution in [0.3, 0.4) is 0 Å². The van der Waals surface area contributed by atoms with Crippen LogP contribution in [0.25, 0.3) is 11.3 Å². The maximum Gasteiger partial charge on any atom is 0.228 e. The predicted octanol–water partition coefficient (Wildman–Crippen LogP) is 3.11. The molecule has 1 aromatic carbocycles. The lowest BCUT2D eigenvalue weighted by atomic mass is 10.1. The standard InChI is InChI=1S/C17H19N3O2S/c1-2-3-4-15(21)18-9-17-20-14(10-23-17)11-5-6-13-12(7-11)8-16(22)19-13/h5-7,10H,2-4,8-9H2,1H3,(H,18,21)(H,19,22). The second-order valence-corrected chi connectivity index (χ2v) is 6.55. The number of hydrogen-bond donors (Lipinski definition) is 2. The number of carbonyl (C=O) groups excluding carboxylic acids is 2. The molecule has 0 bridgehead atoms. The third-order valence-electron chi connectivity index (χ3n) is 3.77. The van der Waals surface area contributed by atoms with E-state index in [1.165, 1.54) is 11.3 Å². The van der Waals surface area contributed by atoms with Crippen molar-refractivity contribution in [2.75, 3.05) is 5.32 Å². The average Bonchev–Trinajstić information content (AvgIpc) is 3.15. The van der Waals surface area contributed by atoms with E-state index in [2.05, 4.69) is 22.5 Å². The Kier molecular flexibility index (Phi) is 4.71. The minimum absolute atomic E-state index is 0.0332. The van der Waals surface area contributed by atoms with Gasteiger partial charge in [-0.3, -0.25) is 9.59 Å². The molecule has 2 amide bonds. The maximum atomic E-state index is 11.6. The first-order valence-electron chi connectivity index (χ1n) is 7.80. The number of fused-ring (bicyclic) bond motifs is 1. The number of nitrogens with one attached hydrogen (secondary N) is 2. The Morgan fingerprint density at radius 3 is 3.13 bits per heavy atom. The predicted molar refractivity (Wildman–Crippen MR) is 91.3 cm³/mol.